The van der Waals surface area contributed by atoms with Gasteiger partial charge in [0.1, 0.15) is 0 Å². The van der Waals surface area contributed by atoms with Crippen LogP contribution in [-0.2, 0) is 25.8 Å². The average molecular weight is 381 g/mol. The van der Waals surface area contributed by atoms with Crippen molar-refractivity contribution in [2.45, 2.75) is 46.6 Å². The number of aryl methyl sites for hydroxylation is 1. The molecule has 0 spiro atoms. The quantitative estimate of drug-likeness (QED) is 0.527. The van der Waals surface area contributed by atoms with Crippen LogP contribution in [-0.4, -0.2) is 21.5 Å². The highest BCUT2D eigenvalue weighted by Gasteiger charge is 2.12. The standard InChI is InChI=1S/C22H28N4S/c1-4-18-12-23-22(24-13-18)26(10-9-21-15-27-16-25-21)14-20-7-5-19(6-8-20)11-17(2)3/h5-8,12-13,15-17H,4,9-11,14H2,1-3H3. The van der Waals surface area contributed by atoms with Crippen molar-refractivity contribution in [2.24, 2.45) is 5.92 Å². The zero-order valence-corrected chi connectivity index (χ0v) is 17.2. The molecule has 2 heterocycles. The lowest BCUT2D eigenvalue weighted by molar-refractivity contribution is 0.647. The summed E-state index contributed by atoms with van der Waals surface area (Å²) in [4.78, 5) is 15.9. The summed E-state index contributed by atoms with van der Waals surface area (Å²) in [5, 5.41) is 2.11. The van der Waals surface area contributed by atoms with Crippen LogP contribution in [0.2, 0.25) is 0 Å². The number of benzene rings is 1. The zero-order chi connectivity index (χ0) is 19.1. The van der Waals surface area contributed by atoms with Crippen LogP contribution in [0, 0.1) is 5.92 Å². The van der Waals surface area contributed by atoms with Crippen molar-refractivity contribution in [3.8, 4) is 0 Å². The first kappa shape index (κ1) is 19.5. The summed E-state index contributed by atoms with van der Waals surface area (Å²) in [6.07, 6.45) is 6.84. The van der Waals surface area contributed by atoms with E-state index < -0.39 is 0 Å². The number of thiazole rings is 1. The lowest BCUT2D eigenvalue weighted by Crippen LogP contribution is -2.27. The fraction of sp³-hybridized carbons (Fsp3) is 0.409. The van der Waals surface area contributed by atoms with E-state index in [0.29, 0.717) is 5.92 Å². The molecule has 2 aromatic heterocycles. The summed E-state index contributed by atoms with van der Waals surface area (Å²) in [7, 11) is 0. The molecule has 0 bridgehead atoms. The molecule has 5 heteroatoms. The van der Waals surface area contributed by atoms with E-state index in [1.54, 1.807) is 11.3 Å². The minimum Gasteiger partial charge on any atom is -0.336 e. The molecule has 27 heavy (non-hydrogen) atoms. The van der Waals surface area contributed by atoms with E-state index >= 15 is 0 Å². The molecule has 0 aliphatic rings. The Labute approximate surface area is 166 Å². The summed E-state index contributed by atoms with van der Waals surface area (Å²) in [5.41, 5.74) is 6.86. The van der Waals surface area contributed by atoms with Gasteiger partial charge in [-0.1, -0.05) is 45.0 Å². The third kappa shape index (κ3) is 5.86. The van der Waals surface area contributed by atoms with E-state index in [1.165, 1.54) is 11.1 Å². The van der Waals surface area contributed by atoms with Gasteiger partial charge in [0, 0.05) is 37.3 Å². The second-order valence-corrected chi connectivity index (χ2v) is 8.03. The highest BCUT2D eigenvalue weighted by Crippen LogP contribution is 2.16. The van der Waals surface area contributed by atoms with Gasteiger partial charge < -0.3 is 4.90 Å². The Bertz CT molecular complexity index is 795. The predicted octanol–water partition coefficient (Wildman–Crippen LogP) is 4.94. The second kappa shape index (κ2) is 9.60. The van der Waals surface area contributed by atoms with Gasteiger partial charge in [-0.3, -0.25) is 0 Å². The molecule has 0 radical (unpaired) electrons. The molecule has 0 fully saturated rings. The number of hydrogen-bond acceptors (Lipinski definition) is 5. The van der Waals surface area contributed by atoms with E-state index in [4.69, 9.17) is 0 Å². The first-order valence-corrected chi connectivity index (χ1v) is 10.6. The van der Waals surface area contributed by atoms with Crippen molar-refractivity contribution in [2.75, 3.05) is 11.4 Å². The van der Waals surface area contributed by atoms with E-state index in [2.05, 4.69) is 70.3 Å². The monoisotopic (exact) mass is 380 g/mol. The van der Waals surface area contributed by atoms with E-state index in [0.717, 1.165) is 49.6 Å². The molecular weight excluding hydrogens is 352 g/mol. The number of anilines is 1. The molecule has 0 saturated heterocycles. The molecule has 142 valence electrons. The molecule has 0 atom stereocenters. The van der Waals surface area contributed by atoms with Crippen LogP contribution < -0.4 is 4.90 Å². The van der Waals surface area contributed by atoms with Gasteiger partial charge in [-0.05, 0) is 35.4 Å². The lowest BCUT2D eigenvalue weighted by Gasteiger charge is -2.22. The van der Waals surface area contributed by atoms with Crippen molar-refractivity contribution in [3.05, 3.63) is 69.9 Å². The minimum absolute atomic E-state index is 0.677. The van der Waals surface area contributed by atoms with Crippen LogP contribution in [0.25, 0.3) is 0 Å². The number of nitrogens with zero attached hydrogens (tertiary/aromatic N) is 4. The SMILES string of the molecule is CCc1cnc(N(CCc2cscn2)Cc2ccc(CC(C)C)cc2)nc1. The summed E-state index contributed by atoms with van der Waals surface area (Å²) >= 11 is 1.64. The van der Waals surface area contributed by atoms with Crippen molar-refractivity contribution in [1.29, 1.82) is 0 Å². The van der Waals surface area contributed by atoms with Gasteiger partial charge in [0.05, 0.1) is 11.2 Å². The summed E-state index contributed by atoms with van der Waals surface area (Å²) < 4.78 is 0. The predicted molar refractivity (Wildman–Crippen MR) is 113 cm³/mol. The van der Waals surface area contributed by atoms with Gasteiger partial charge in [-0.15, -0.1) is 11.3 Å². The van der Waals surface area contributed by atoms with E-state index in [9.17, 15) is 0 Å². The van der Waals surface area contributed by atoms with Gasteiger partial charge in [0.2, 0.25) is 5.95 Å². The molecule has 0 N–H and O–H groups in total. The fourth-order valence-corrected chi connectivity index (χ4v) is 3.62. The zero-order valence-electron chi connectivity index (χ0n) is 16.4. The third-order valence-corrected chi connectivity index (χ3v) is 5.18. The minimum atomic E-state index is 0.677. The first-order valence-electron chi connectivity index (χ1n) is 9.64. The molecule has 4 nitrogen and oxygen atoms in total. The molecule has 0 aliphatic carbocycles. The van der Waals surface area contributed by atoms with Gasteiger partial charge in [-0.2, -0.15) is 0 Å². The van der Waals surface area contributed by atoms with Crippen LogP contribution >= 0.6 is 11.3 Å². The Kier molecular flexibility index (Phi) is 6.93. The van der Waals surface area contributed by atoms with E-state index in [-0.39, 0.29) is 0 Å². The second-order valence-electron chi connectivity index (χ2n) is 7.31. The van der Waals surface area contributed by atoms with Crippen LogP contribution in [0.15, 0.2) is 47.5 Å². The van der Waals surface area contributed by atoms with Gasteiger partial charge >= 0.3 is 0 Å². The van der Waals surface area contributed by atoms with Gasteiger partial charge in [0.15, 0.2) is 0 Å². The number of rotatable bonds is 9. The number of hydrogen-bond donors (Lipinski definition) is 0. The largest absolute Gasteiger partial charge is 0.336 e. The molecule has 1 aromatic carbocycles. The smallest absolute Gasteiger partial charge is 0.225 e. The molecule has 0 unspecified atom stereocenters. The highest BCUT2D eigenvalue weighted by atomic mass is 32.1. The molecule has 0 aliphatic heterocycles. The maximum Gasteiger partial charge on any atom is 0.225 e. The molecule has 0 saturated carbocycles. The Morgan fingerprint density at radius 3 is 2.26 bits per heavy atom. The van der Waals surface area contributed by atoms with Crippen molar-refractivity contribution in [3.63, 3.8) is 0 Å². The molecule has 3 rings (SSSR count). The summed E-state index contributed by atoms with van der Waals surface area (Å²) in [6, 6.07) is 8.95. The fourth-order valence-electron chi connectivity index (χ4n) is 3.03. The Morgan fingerprint density at radius 2 is 1.67 bits per heavy atom. The Balaban J connectivity index is 1.73. The van der Waals surface area contributed by atoms with Crippen molar-refractivity contribution < 1.29 is 0 Å². The Morgan fingerprint density at radius 1 is 0.963 bits per heavy atom. The normalized spacial score (nSPS) is 11.1. The first-order chi connectivity index (χ1) is 13.1. The van der Waals surface area contributed by atoms with Gasteiger partial charge in [-0.25, -0.2) is 15.0 Å². The Hall–Kier alpha value is -2.27. The summed E-state index contributed by atoms with van der Waals surface area (Å²) in [5.74, 6) is 1.46. The maximum absolute atomic E-state index is 4.60. The van der Waals surface area contributed by atoms with Crippen molar-refractivity contribution >= 4 is 17.3 Å². The maximum atomic E-state index is 4.60. The van der Waals surface area contributed by atoms with Crippen molar-refractivity contribution in [1.82, 2.24) is 15.0 Å². The number of aromatic nitrogens is 3. The lowest BCUT2D eigenvalue weighted by atomic mass is 10.0. The third-order valence-electron chi connectivity index (χ3n) is 4.54. The van der Waals surface area contributed by atoms with Crippen LogP contribution in [0.3, 0.4) is 0 Å². The molecular formula is C22H28N4S. The summed E-state index contributed by atoms with van der Waals surface area (Å²) in [6.45, 7) is 8.29. The topological polar surface area (TPSA) is 41.9 Å². The highest BCUT2D eigenvalue weighted by molar-refractivity contribution is 7.07. The van der Waals surface area contributed by atoms with Crippen LogP contribution in [0.4, 0.5) is 5.95 Å². The average Bonchev–Trinajstić information content (AvgIpc) is 3.20. The molecule has 3 aromatic rings. The van der Waals surface area contributed by atoms with E-state index in [1.807, 2.05) is 17.9 Å². The van der Waals surface area contributed by atoms with Gasteiger partial charge in [0.25, 0.3) is 0 Å². The van der Waals surface area contributed by atoms with Crippen LogP contribution in [0.1, 0.15) is 43.2 Å². The molecule has 0 amide bonds. The van der Waals surface area contributed by atoms with Crippen LogP contribution in [0.5, 0.6) is 0 Å².